The van der Waals surface area contributed by atoms with E-state index in [-0.39, 0.29) is 27.8 Å². The lowest BCUT2D eigenvalue weighted by atomic mass is 10.1. The number of fused-ring (bicyclic) bond motifs is 1. The minimum Gasteiger partial charge on any atom is -0.324 e. The summed E-state index contributed by atoms with van der Waals surface area (Å²) in [5.41, 5.74) is -2.00. The number of hydrogen-bond acceptors (Lipinski definition) is 6. The predicted molar refractivity (Wildman–Crippen MR) is 98.0 cm³/mol. The molecule has 0 amide bonds. The van der Waals surface area contributed by atoms with Gasteiger partial charge in [0.05, 0.1) is 18.0 Å². The number of thioether (sulfide) groups is 1. The van der Waals surface area contributed by atoms with Crippen molar-refractivity contribution in [2.75, 3.05) is 0 Å². The molecular formula is C17H10F4N6O2S. The fourth-order valence-corrected chi connectivity index (χ4v) is 3.55. The van der Waals surface area contributed by atoms with E-state index in [1.165, 1.54) is 18.5 Å². The Bertz CT molecular complexity index is 1340. The summed E-state index contributed by atoms with van der Waals surface area (Å²) in [5.74, 6) is -1.09. The molecule has 3 heterocycles. The normalized spacial score (nSPS) is 11.9. The highest BCUT2D eigenvalue weighted by Crippen LogP contribution is 2.31. The summed E-state index contributed by atoms with van der Waals surface area (Å²) < 4.78 is 54.5. The Morgan fingerprint density at radius 1 is 1.17 bits per heavy atom. The number of nitrogens with zero attached hydrogens (tertiary/aromatic N) is 5. The van der Waals surface area contributed by atoms with Crippen LogP contribution in [0.2, 0.25) is 0 Å². The Morgan fingerprint density at radius 3 is 2.63 bits per heavy atom. The summed E-state index contributed by atoms with van der Waals surface area (Å²) in [6, 6.07) is 3.65. The molecule has 1 aromatic carbocycles. The standard InChI is InChI=1S/C17H10F4N6O2S/c18-11-5-10(17(19,20)21)2-1-9(11)8-30-16-25-27-12(3-4-24-27)15(29)26(16)13-6-23-14(28)7-22-13/h1-7H,8H2,(H,23,28). The predicted octanol–water partition coefficient (Wildman–Crippen LogP) is 2.41. The zero-order valence-corrected chi connectivity index (χ0v) is 15.5. The Labute approximate surface area is 168 Å². The first kappa shape index (κ1) is 19.8. The average molecular weight is 438 g/mol. The Balaban J connectivity index is 1.74. The number of H-pyrrole nitrogens is 1. The first-order valence-electron chi connectivity index (χ1n) is 8.24. The molecular weight excluding hydrogens is 428 g/mol. The molecule has 0 unspecified atom stereocenters. The van der Waals surface area contributed by atoms with E-state index in [2.05, 4.69) is 20.2 Å². The lowest BCUT2D eigenvalue weighted by Crippen LogP contribution is -2.26. The second-order valence-electron chi connectivity index (χ2n) is 5.99. The van der Waals surface area contributed by atoms with Crippen LogP contribution >= 0.6 is 11.8 Å². The van der Waals surface area contributed by atoms with Crippen molar-refractivity contribution in [3.8, 4) is 5.82 Å². The SMILES string of the molecule is O=c1cnc(-n2c(SCc3ccc(C(F)(F)F)cc3F)nn3nccc3c2=O)c[nH]1. The number of aromatic nitrogens is 6. The molecule has 0 spiro atoms. The van der Waals surface area contributed by atoms with E-state index in [0.717, 1.165) is 39.3 Å². The minimum absolute atomic E-state index is 0.0104. The van der Waals surface area contributed by atoms with Crippen molar-refractivity contribution in [1.82, 2.24) is 29.4 Å². The van der Waals surface area contributed by atoms with Crippen molar-refractivity contribution in [2.45, 2.75) is 17.1 Å². The molecule has 0 saturated carbocycles. The average Bonchev–Trinajstić information content (AvgIpc) is 3.16. The topological polar surface area (TPSA) is 97.9 Å². The first-order chi connectivity index (χ1) is 14.2. The van der Waals surface area contributed by atoms with Crippen LogP contribution in [0.25, 0.3) is 11.3 Å². The lowest BCUT2D eigenvalue weighted by Gasteiger charge is -2.12. The van der Waals surface area contributed by atoms with E-state index in [1.54, 1.807) is 0 Å². The second-order valence-corrected chi connectivity index (χ2v) is 6.93. The summed E-state index contributed by atoms with van der Waals surface area (Å²) >= 11 is 0.897. The van der Waals surface area contributed by atoms with Gasteiger partial charge in [0.2, 0.25) is 0 Å². The van der Waals surface area contributed by atoms with Gasteiger partial charge in [-0.2, -0.15) is 18.3 Å². The summed E-state index contributed by atoms with van der Waals surface area (Å²) in [6.45, 7) is 0. The maximum Gasteiger partial charge on any atom is 0.416 e. The molecule has 0 aliphatic rings. The summed E-state index contributed by atoms with van der Waals surface area (Å²) in [7, 11) is 0. The maximum absolute atomic E-state index is 14.2. The molecule has 4 rings (SSSR count). The van der Waals surface area contributed by atoms with E-state index in [4.69, 9.17) is 0 Å². The number of rotatable bonds is 4. The van der Waals surface area contributed by atoms with Crippen LogP contribution in [0.15, 0.2) is 57.6 Å². The number of nitrogens with one attached hydrogen (secondary N) is 1. The van der Waals surface area contributed by atoms with Gasteiger partial charge in [-0.1, -0.05) is 17.8 Å². The van der Waals surface area contributed by atoms with Crippen LogP contribution in [0.4, 0.5) is 17.6 Å². The van der Waals surface area contributed by atoms with Gasteiger partial charge >= 0.3 is 6.18 Å². The zero-order chi connectivity index (χ0) is 21.5. The van der Waals surface area contributed by atoms with E-state index in [0.29, 0.717) is 6.07 Å². The van der Waals surface area contributed by atoms with Gasteiger partial charge < -0.3 is 4.98 Å². The van der Waals surface area contributed by atoms with E-state index < -0.39 is 28.7 Å². The number of aromatic amines is 1. The Kier molecular flexibility index (Phi) is 4.89. The molecule has 30 heavy (non-hydrogen) atoms. The molecule has 0 bridgehead atoms. The third-order valence-corrected chi connectivity index (χ3v) is 5.02. The van der Waals surface area contributed by atoms with Crippen LogP contribution in [-0.2, 0) is 11.9 Å². The molecule has 0 atom stereocenters. The van der Waals surface area contributed by atoms with Gasteiger partial charge in [-0.05, 0) is 23.8 Å². The molecule has 0 aliphatic heterocycles. The number of alkyl halides is 3. The lowest BCUT2D eigenvalue weighted by molar-refractivity contribution is -0.137. The van der Waals surface area contributed by atoms with E-state index in [9.17, 15) is 27.2 Å². The van der Waals surface area contributed by atoms with Crippen molar-refractivity contribution < 1.29 is 17.6 Å². The maximum atomic E-state index is 14.2. The Morgan fingerprint density at radius 2 is 1.97 bits per heavy atom. The quantitative estimate of drug-likeness (QED) is 0.388. The first-order valence-corrected chi connectivity index (χ1v) is 9.23. The van der Waals surface area contributed by atoms with Crippen LogP contribution in [0.1, 0.15) is 11.1 Å². The molecule has 0 radical (unpaired) electrons. The number of halogens is 4. The smallest absolute Gasteiger partial charge is 0.324 e. The minimum atomic E-state index is -4.66. The van der Waals surface area contributed by atoms with Crippen molar-refractivity contribution in [1.29, 1.82) is 0 Å². The molecule has 13 heteroatoms. The van der Waals surface area contributed by atoms with Gasteiger partial charge in [-0.3, -0.25) is 9.59 Å². The van der Waals surface area contributed by atoms with Crippen LogP contribution in [-0.4, -0.2) is 29.4 Å². The molecule has 0 fully saturated rings. The van der Waals surface area contributed by atoms with Crippen molar-refractivity contribution in [2.24, 2.45) is 0 Å². The van der Waals surface area contributed by atoms with E-state index >= 15 is 0 Å². The summed E-state index contributed by atoms with van der Waals surface area (Å²) in [5, 5.41) is 8.15. The van der Waals surface area contributed by atoms with Gasteiger partial charge in [-0.25, -0.2) is 13.9 Å². The van der Waals surface area contributed by atoms with Gasteiger partial charge in [0.25, 0.3) is 11.1 Å². The fraction of sp³-hybridized carbons (Fsp3) is 0.118. The number of benzene rings is 1. The molecule has 0 aliphatic carbocycles. The van der Waals surface area contributed by atoms with E-state index in [1.807, 2.05) is 0 Å². The van der Waals surface area contributed by atoms with Crippen molar-refractivity contribution in [3.05, 3.63) is 80.5 Å². The van der Waals surface area contributed by atoms with Crippen LogP contribution < -0.4 is 11.1 Å². The molecule has 4 aromatic rings. The highest BCUT2D eigenvalue weighted by molar-refractivity contribution is 7.98. The highest BCUT2D eigenvalue weighted by Gasteiger charge is 2.31. The molecule has 0 saturated heterocycles. The highest BCUT2D eigenvalue weighted by atomic mass is 32.2. The van der Waals surface area contributed by atoms with Gasteiger partial charge in [0.15, 0.2) is 16.5 Å². The molecule has 8 nitrogen and oxygen atoms in total. The van der Waals surface area contributed by atoms with Crippen LogP contribution in [0.3, 0.4) is 0 Å². The molecule has 1 N–H and O–H groups in total. The number of hydrogen-bond donors (Lipinski definition) is 1. The Hall–Kier alpha value is -3.48. The van der Waals surface area contributed by atoms with Crippen molar-refractivity contribution in [3.63, 3.8) is 0 Å². The zero-order valence-electron chi connectivity index (χ0n) is 14.7. The molecule has 3 aromatic heterocycles. The third-order valence-electron chi connectivity index (χ3n) is 4.04. The second kappa shape index (κ2) is 7.40. The summed E-state index contributed by atoms with van der Waals surface area (Å²) in [6.07, 6.45) is -1.11. The largest absolute Gasteiger partial charge is 0.416 e. The van der Waals surface area contributed by atoms with Crippen LogP contribution in [0, 0.1) is 5.82 Å². The van der Waals surface area contributed by atoms with Gasteiger partial charge in [0.1, 0.15) is 5.82 Å². The molecule has 154 valence electrons. The summed E-state index contributed by atoms with van der Waals surface area (Å²) in [4.78, 5) is 30.4. The monoisotopic (exact) mass is 438 g/mol. The van der Waals surface area contributed by atoms with Gasteiger partial charge in [0, 0.05) is 11.9 Å². The van der Waals surface area contributed by atoms with Gasteiger partial charge in [-0.15, -0.1) is 9.73 Å². The fourth-order valence-electron chi connectivity index (χ4n) is 2.60. The van der Waals surface area contributed by atoms with Crippen LogP contribution in [0.5, 0.6) is 0 Å². The van der Waals surface area contributed by atoms with Crippen molar-refractivity contribution >= 4 is 17.3 Å². The third kappa shape index (κ3) is 3.70.